The van der Waals surface area contributed by atoms with Crippen LogP contribution in [0.3, 0.4) is 0 Å². The summed E-state index contributed by atoms with van der Waals surface area (Å²) in [5.74, 6) is 1.21. The Morgan fingerprint density at radius 2 is 2.22 bits per heavy atom. The Bertz CT molecular complexity index is 381. The van der Waals surface area contributed by atoms with Crippen LogP contribution in [0.1, 0.15) is 19.8 Å². The van der Waals surface area contributed by atoms with Crippen molar-refractivity contribution in [2.75, 3.05) is 31.7 Å². The number of nitrogens with one attached hydrogen (secondary N) is 1. The van der Waals surface area contributed by atoms with Gasteiger partial charge in [-0.2, -0.15) is 0 Å². The minimum absolute atomic E-state index is 0.0599. The molecule has 0 amide bonds. The highest BCUT2D eigenvalue weighted by Crippen LogP contribution is 2.25. The van der Waals surface area contributed by atoms with Crippen LogP contribution in [0.4, 0.5) is 5.82 Å². The van der Waals surface area contributed by atoms with Crippen molar-refractivity contribution in [2.45, 2.75) is 25.3 Å². The molecule has 1 aromatic rings. The first-order chi connectivity index (χ1) is 8.78. The largest absolute Gasteiger partial charge is 0.478 e. The van der Waals surface area contributed by atoms with Crippen LogP contribution in [-0.4, -0.2) is 47.0 Å². The second kappa shape index (κ2) is 5.97. The normalized spacial score (nSPS) is 18.3. The van der Waals surface area contributed by atoms with E-state index < -0.39 is 0 Å². The van der Waals surface area contributed by atoms with Crippen LogP contribution >= 0.6 is 0 Å². The molecule has 2 N–H and O–H groups in total. The molecule has 0 unspecified atom stereocenters. The molecule has 1 fully saturated rings. The molecule has 0 spiro atoms. The molecule has 1 aliphatic rings. The average Bonchev–Trinajstić information content (AvgIpc) is 2.41. The van der Waals surface area contributed by atoms with E-state index in [0.29, 0.717) is 31.5 Å². The molecule has 2 rings (SSSR count). The van der Waals surface area contributed by atoms with E-state index in [1.165, 1.54) is 6.33 Å². The molecular formula is C12H19N3O3. The van der Waals surface area contributed by atoms with Gasteiger partial charge in [0.05, 0.1) is 18.8 Å². The zero-order valence-electron chi connectivity index (χ0n) is 10.6. The van der Waals surface area contributed by atoms with Crippen LogP contribution in [0.15, 0.2) is 12.4 Å². The van der Waals surface area contributed by atoms with Crippen LogP contribution < -0.4 is 10.1 Å². The summed E-state index contributed by atoms with van der Waals surface area (Å²) in [6.07, 6.45) is 2.98. The summed E-state index contributed by atoms with van der Waals surface area (Å²) in [4.78, 5) is 8.16. The van der Waals surface area contributed by atoms with E-state index in [2.05, 4.69) is 15.3 Å². The quantitative estimate of drug-likeness (QED) is 0.809. The Kier molecular flexibility index (Phi) is 4.33. The summed E-state index contributed by atoms with van der Waals surface area (Å²) < 4.78 is 10.6. The van der Waals surface area contributed by atoms with Crippen LogP contribution in [0.5, 0.6) is 5.88 Å². The van der Waals surface area contributed by atoms with Gasteiger partial charge < -0.3 is 19.9 Å². The number of anilines is 1. The smallest absolute Gasteiger partial charge is 0.218 e. The molecule has 1 saturated heterocycles. The Balaban J connectivity index is 2.08. The zero-order chi connectivity index (χ0) is 12.8. The summed E-state index contributed by atoms with van der Waals surface area (Å²) in [5, 5.41) is 12.9. The Morgan fingerprint density at radius 3 is 2.89 bits per heavy atom. The third-order valence-corrected chi connectivity index (χ3v) is 3.08. The third kappa shape index (κ3) is 3.08. The highest BCUT2D eigenvalue weighted by Gasteiger charge is 2.32. The predicted octanol–water partition coefficient (Wildman–Crippen LogP) is 0.829. The fourth-order valence-corrected chi connectivity index (χ4v) is 1.99. The molecule has 0 aliphatic carbocycles. The number of aliphatic hydroxyl groups is 1. The number of nitrogens with zero attached hydrogens (tertiary/aromatic N) is 2. The van der Waals surface area contributed by atoms with Gasteiger partial charge in [0.1, 0.15) is 12.1 Å². The van der Waals surface area contributed by atoms with E-state index in [0.717, 1.165) is 12.8 Å². The maximum Gasteiger partial charge on any atom is 0.218 e. The molecule has 100 valence electrons. The summed E-state index contributed by atoms with van der Waals surface area (Å²) in [6.45, 7) is 3.83. The Morgan fingerprint density at radius 1 is 1.44 bits per heavy atom. The highest BCUT2D eigenvalue weighted by molar-refractivity contribution is 5.40. The number of aromatic nitrogens is 2. The number of rotatable bonds is 5. The molecule has 2 heterocycles. The maximum absolute atomic E-state index is 9.58. The van der Waals surface area contributed by atoms with Gasteiger partial charge in [0, 0.05) is 19.3 Å². The zero-order valence-corrected chi connectivity index (χ0v) is 10.6. The molecule has 18 heavy (non-hydrogen) atoms. The number of ether oxygens (including phenoxy) is 2. The first-order valence-corrected chi connectivity index (χ1v) is 6.20. The van der Waals surface area contributed by atoms with Gasteiger partial charge >= 0.3 is 0 Å². The van der Waals surface area contributed by atoms with Gasteiger partial charge in [-0.1, -0.05) is 0 Å². The van der Waals surface area contributed by atoms with Crippen molar-refractivity contribution in [2.24, 2.45) is 0 Å². The van der Waals surface area contributed by atoms with E-state index in [-0.39, 0.29) is 12.1 Å². The fourth-order valence-electron chi connectivity index (χ4n) is 1.99. The molecule has 0 bridgehead atoms. The van der Waals surface area contributed by atoms with Gasteiger partial charge in [0.2, 0.25) is 5.88 Å². The summed E-state index contributed by atoms with van der Waals surface area (Å²) in [6, 6.07) is 1.75. The lowest BCUT2D eigenvalue weighted by Gasteiger charge is -2.36. The fraction of sp³-hybridized carbons (Fsp3) is 0.667. The van der Waals surface area contributed by atoms with Crippen LogP contribution in [0.25, 0.3) is 0 Å². The average molecular weight is 253 g/mol. The summed E-state index contributed by atoms with van der Waals surface area (Å²) in [5.41, 5.74) is -0.351. The van der Waals surface area contributed by atoms with Gasteiger partial charge in [-0.05, 0) is 19.8 Å². The minimum Gasteiger partial charge on any atom is -0.478 e. The molecule has 0 saturated carbocycles. The Hall–Kier alpha value is -1.40. The van der Waals surface area contributed by atoms with Gasteiger partial charge in [-0.25, -0.2) is 9.97 Å². The van der Waals surface area contributed by atoms with Crippen molar-refractivity contribution in [3.8, 4) is 5.88 Å². The highest BCUT2D eigenvalue weighted by atomic mass is 16.5. The van der Waals surface area contributed by atoms with Gasteiger partial charge in [-0.3, -0.25) is 0 Å². The van der Waals surface area contributed by atoms with Crippen molar-refractivity contribution < 1.29 is 14.6 Å². The second-order valence-corrected chi connectivity index (χ2v) is 4.35. The monoisotopic (exact) mass is 253 g/mol. The van der Waals surface area contributed by atoms with Gasteiger partial charge in [0.25, 0.3) is 0 Å². The van der Waals surface area contributed by atoms with Crippen molar-refractivity contribution >= 4 is 5.82 Å². The van der Waals surface area contributed by atoms with Crippen molar-refractivity contribution in [3.63, 3.8) is 0 Å². The molecule has 1 aliphatic heterocycles. The minimum atomic E-state index is -0.351. The molecule has 0 radical (unpaired) electrons. The standard InChI is InChI=1S/C12H19N3O3/c1-2-18-11-7-10(13-9-14-11)15-12(8-16)3-5-17-6-4-12/h7,9,16H,2-6,8H2,1H3,(H,13,14,15). The van der Waals surface area contributed by atoms with Crippen LogP contribution in [0.2, 0.25) is 0 Å². The molecule has 0 aromatic carbocycles. The van der Waals surface area contributed by atoms with Crippen LogP contribution in [0, 0.1) is 0 Å². The number of aliphatic hydroxyl groups excluding tert-OH is 1. The van der Waals surface area contributed by atoms with E-state index in [4.69, 9.17) is 9.47 Å². The van der Waals surface area contributed by atoms with Gasteiger partial charge in [0.15, 0.2) is 0 Å². The van der Waals surface area contributed by atoms with Crippen molar-refractivity contribution in [1.82, 2.24) is 9.97 Å². The molecule has 1 aromatic heterocycles. The third-order valence-electron chi connectivity index (χ3n) is 3.08. The predicted molar refractivity (Wildman–Crippen MR) is 66.7 cm³/mol. The van der Waals surface area contributed by atoms with Crippen molar-refractivity contribution in [3.05, 3.63) is 12.4 Å². The first kappa shape index (κ1) is 13.0. The van der Waals surface area contributed by atoms with Crippen molar-refractivity contribution in [1.29, 1.82) is 0 Å². The maximum atomic E-state index is 9.58. The molecular weight excluding hydrogens is 234 g/mol. The van der Waals surface area contributed by atoms with E-state index in [1.807, 2.05) is 6.92 Å². The van der Waals surface area contributed by atoms with Gasteiger partial charge in [-0.15, -0.1) is 0 Å². The number of hydrogen-bond acceptors (Lipinski definition) is 6. The van der Waals surface area contributed by atoms with E-state index in [9.17, 15) is 5.11 Å². The number of hydrogen-bond donors (Lipinski definition) is 2. The lowest BCUT2D eigenvalue weighted by molar-refractivity contribution is 0.0378. The topological polar surface area (TPSA) is 76.5 Å². The second-order valence-electron chi connectivity index (χ2n) is 4.35. The summed E-state index contributed by atoms with van der Waals surface area (Å²) >= 11 is 0. The lowest BCUT2D eigenvalue weighted by atomic mass is 9.91. The Labute approximate surface area is 106 Å². The summed E-state index contributed by atoms with van der Waals surface area (Å²) in [7, 11) is 0. The molecule has 6 nitrogen and oxygen atoms in total. The lowest BCUT2D eigenvalue weighted by Crippen LogP contribution is -2.47. The van der Waals surface area contributed by atoms with E-state index in [1.54, 1.807) is 6.07 Å². The molecule has 0 atom stereocenters. The van der Waals surface area contributed by atoms with Crippen LogP contribution in [-0.2, 0) is 4.74 Å². The SMILES string of the molecule is CCOc1cc(NC2(CO)CCOCC2)ncn1. The first-order valence-electron chi connectivity index (χ1n) is 6.20. The van der Waals surface area contributed by atoms with E-state index >= 15 is 0 Å². The molecule has 6 heteroatoms.